The van der Waals surface area contributed by atoms with Gasteiger partial charge in [-0.15, -0.1) is 0 Å². The lowest BCUT2D eigenvalue weighted by Crippen LogP contribution is -2.36. The van der Waals surface area contributed by atoms with E-state index in [1.807, 2.05) is 12.1 Å². The number of hydrogen-bond acceptors (Lipinski definition) is 2. The van der Waals surface area contributed by atoms with Gasteiger partial charge in [-0.2, -0.15) is 0 Å². The first-order valence-corrected chi connectivity index (χ1v) is 6.19. The maximum Gasteiger partial charge on any atom is 0.234 e. The Morgan fingerprint density at radius 2 is 1.83 bits per heavy atom. The van der Waals surface area contributed by atoms with Crippen molar-refractivity contribution in [3.05, 3.63) is 48.0 Å². The molecule has 0 saturated heterocycles. The van der Waals surface area contributed by atoms with Gasteiger partial charge in [0.05, 0.1) is 6.04 Å². The largest absolute Gasteiger partial charge is 0.368 e. The zero-order chi connectivity index (χ0) is 13.0. The third-order valence-electron chi connectivity index (χ3n) is 3.16. The van der Waals surface area contributed by atoms with Crippen LogP contribution in [0.15, 0.2) is 42.5 Å². The minimum atomic E-state index is -0.523. The van der Waals surface area contributed by atoms with E-state index in [4.69, 9.17) is 11.5 Å². The van der Waals surface area contributed by atoms with Gasteiger partial charge >= 0.3 is 0 Å². The number of fused-ring (bicyclic) bond motifs is 1. The molecule has 0 fully saturated rings. The molecule has 0 radical (unpaired) electrons. The summed E-state index contributed by atoms with van der Waals surface area (Å²) in [5.41, 5.74) is 12.0. The SMILES string of the molecule is NC(=O)[C@@H](N)CCCc1ccc2ccccc2c1. The van der Waals surface area contributed by atoms with Crippen molar-refractivity contribution in [2.75, 3.05) is 0 Å². The molecule has 18 heavy (non-hydrogen) atoms. The number of aryl methyl sites for hydroxylation is 1. The van der Waals surface area contributed by atoms with E-state index in [-0.39, 0.29) is 0 Å². The summed E-state index contributed by atoms with van der Waals surface area (Å²) in [6.07, 6.45) is 2.44. The van der Waals surface area contributed by atoms with E-state index in [9.17, 15) is 4.79 Å². The second-order valence-corrected chi connectivity index (χ2v) is 4.58. The molecule has 0 heterocycles. The molecular formula is C15H18N2O. The second-order valence-electron chi connectivity index (χ2n) is 4.58. The van der Waals surface area contributed by atoms with E-state index in [0.29, 0.717) is 6.42 Å². The molecule has 3 nitrogen and oxygen atoms in total. The first kappa shape index (κ1) is 12.6. The van der Waals surface area contributed by atoms with Gasteiger partial charge in [0, 0.05) is 0 Å². The van der Waals surface area contributed by atoms with Crippen LogP contribution in [-0.2, 0) is 11.2 Å². The predicted molar refractivity (Wildman–Crippen MR) is 74.1 cm³/mol. The van der Waals surface area contributed by atoms with Crippen LogP contribution < -0.4 is 11.5 Å². The summed E-state index contributed by atoms with van der Waals surface area (Å²) in [4.78, 5) is 10.8. The number of rotatable bonds is 5. The van der Waals surface area contributed by atoms with E-state index in [0.717, 1.165) is 12.8 Å². The quantitative estimate of drug-likeness (QED) is 0.841. The molecule has 4 N–H and O–H groups in total. The lowest BCUT2D eigenvalue weighted by Gasteiger charge is -2.07. The first-order chi connectivity index (χ1) is 8.66. The van der Waals surface area contributed by atoms with Gasteiger partial charge in [0.1, 0.15) is 0 Å². The molecule has 0 unspecified atom stereocenters. The number of carbonyl (C=O) groups excluding carboxylic acids is 1. The number of carbonyl (C=O) groups is 1. The van der Waals surface area contributed by atoms with Crippen LogP contribution in [0.3, 0.4) is 0 Å². The molecule has 2 rings (SSSR count). The van der Waals surface area contributed by atoms with Crippen molar-refractivity contribution in [3.63, 3.8) is 0 Å². The molecule has 0 aliphatic heterocycles. The highest BCUT2D eigenvalue weighted by molar-refractivity contribution is 5.83. The maximum absolute atomic E-state index is 10.8. The fourth-order valence-electron chi connectivity index (χ4n) is 2.06. The van der Waals surface area contributed by atoms with Crippen molar-refractivity contribution in [2.45, 2.75) is 25.3 Å². The normalized spacial score (nSPS) is 12.5. The number of benzene rings is 2. The van der Waals surface area contributed by atoms with Gasteiger partial charge in [-0.1, -0.05) is 42.5 Å². The van der Waals surface area contributed by atoms with Crippen LogP contribution in [0.25, 0.3) is 10.8 Å². The number of primary amides is 1. The molecule has 2 aromatic carbocycles. The Labute approximate surface area is 107 Å². The Balaban J connectivity index is 1.98. The molecule has 0 aliphatic rings. The lowest BCUT2D eigenvalue weighted by atomic mass is 10.0. The summed E-state index contributed by atoms with van der Waals surface area (Å²) in [5.74, 6) is -0.423. The third-order valence-corrected chi connectivity index (χ3v) is 3.16. The van der Waals surface area contributed by atoms with E-state index in [2.05, 4.69) is 30.3 Å². The Kier molecular flexibility index (Phi) is 3.95. The number of amides is 1. The predicted octanol–water partition coefficient (Wildman–Crippen LogP) is 1.98. The lowest BCUT2D eigenvalue weighted by molar-refractivity contribution is -0.119. The molecule has 0 saturated carbocycles. The minimum absolute atomic E-state index is 0.423. The van der Waals surface area contributed by atoms with Gasteiger partial charge in [-0.3, -0.25) is 4.79 Å². The zero-order valence-corrected chi connectivity index (χ0v) is 10.3. The van der Waals surface area contributed by atoms with Crippen LogP contribution in [0.1, 0.15) is 18.4 Å². The average Bonchev–Trinajstić information content (AvgIpc) is 2.38. The first-order valence-electron chi connectivity index (χ1n) is 6.19. The fourth-order valence-corrected chi connectivity index (χ4v) is 2.06. The van der Waals surface area contributed by atoms with Crippen LogP contribution in [0, 0.1) is 0 Å². The molecule has 0 spiro atoms. The Bertz CT molecular complexity index is 551. The average molecular weight is 242 g/mol. The third kappa shape index (κ3) is 3.08. The molecular weight excluding hydrogens is 224 g/mol. The smallest absolute Gasteiger partial charge is 0.234 e. The van der Waals surface area contributed by atoms with Gasteiger partial charge in [-0.05, 0) is 35.6 Å². The van der Waals surface area contributed by atoms with E-state index in [1.165, 1.54) is 16.3 Å². The van der Waals surface area contributed by atoms with Gasteiger partial charge in [0.25, 0.3) is 0 Å². The van der Waals surface area contributed by atoms with Crippen LogP contribution in [-0.4, -0.2) is 11.9 Å². The highest BCUT2D eigenvalue weighted by Gasteiger charge is 2.08. The van der Waals surface area contributed by atoms with Crippen LogP contribution in [0.4, 0.5) is 0 Å². The van der Waals surface area contributed by atoms with Gasteiger partial charge in [0.2, 0.25) is 5.91 Å². The van der Waals surface area contributed by atoms with E-state index in [1.54, 1.807) is 0 Å². The molecule has 94 valence electrons. The Morgan fingerprint density at radius 3 is 2.56 bits per heavy atom. The molecule has 0 aliphatic carbocycles. The van der Waals surface area contributed by atoms with Crippen LogP contribution >= 0.6 is 0 Å². The number of hydrogen-bond donors (Lipinski definition) is 2. The maximum atomic E-state index is 10.8. The van der Waals surface area contributed by atoms with E-state index < -0.39 is 11.9 Å². The van der Waals surface area contributed by atoms with Gasteiger partial charge in [0.15, 0.2) is 0 Å². The Morgan fingerprint density at radius 1 is 1.11 bits per heavy atom. The number of nitrogens with two attached hydrogens (primary N) is 2. The highest BCUT2D eigenvalue weighted by atomic mass is 16.1. The summed E-state index contributed by atoms with van der Waals surface area (Å²) in [6, 6.07) is 14.2. The fraction of sp³-hybridized carbons (Fsp3) is 0.267. The summed E-state index contributed by atoms with van der Waals surface area (Å²) in [5, 5.41) is 2.49. The van der Waals surface area contributed by atoms with Crippen molar-refractivity contribution in [2.24, 2.45) is 11.5 Å². The minimum Gasteiger partial charge on any atom is -0.368 e. The van der Waals surface area contributed by atoms with E-state index >= 15 is 0 Å². The monoisotopic (exact) mass is 242 g/mol. The van der Waals surface area contributed by atoms with Crippen molar-refractivity contribution in [1.82, 2.24) is 0 Å². The molecule has 0 aromatic heterocycles. The summed E-state index contributed by atoms with van der Waals surface area (Å²) in [6.45, 7) is 0. The summed E-state index contributed by atoms with van der Waals surface area (Å²) in [7, 11) is 0. The summed E-state index contributed by atoms with van der Waals surface area (Å²) >= 11 is 0. The van der Waals surface area contributed by atoms with Crippen molar-refractivity contribution in [3.8, 4) is 0 Å². The molecule has 2 aromatic rings. The second kappa shape index (κ2) is 5.65. The van der Waals surface area contributed by atoms with Crippen molar-refractivity contribution in [1.29, 1.82) is 0 Å². The summed E-state index contributed by atoms with van der Waals surface area (Å²) < 4.78 is 0. The highest BCUT2D eigenvalue weighted by Crippen LogP contribution is 2.17. The molecule has 1 amide bonds. The van der Waals surface area contributed by atoms with Crippen molar-refractivity contribution >= 4 is 16.7 Å². The van der Waals surface area contributed by atoms with Crippen LogP contribution in [0.2, 0.25) is 0 Å². The Hall–Kier alpha value is -1.87. The topological polar surface area (TPSA) is 69.1 Å². The van der Waals surface area contributed by atoms with Crippen LogP contribution in [0.5, 0.6) is 0 Å². The van der Waals surface area contributed by atoms with Gasteiger partial charge in [-0.25, -0.2) is 0 Å². The molecule has 0 bridgehead atoms. The molecule has 3 heteroatoms. The van der Waals surface area contributed by atoms with Crippen molar-refractivity contribution < 1.29 is 4.79 Å². The van der Waals surface area contributed by atoms with Gasteiger partial charge < -0.3 is 11.5 Å². The zero-order valence-electron chi connectivity index (χ0n) is 10.3. The standard InChI is InChI=1S/C15H18N2O/c16-14(15(17)18)7-3-4-11-8-9-12-5-1-2-6-13(12)10-11/h1-2,5-6,8-10,14H,3-4,7,16H2,(H2,17,18)/t14-/m0/s1. The molecule has 1 atom stereocenters.